The van der Waals surface area contributed by atoms with E-state index in [1.807, 2.05) is 11.7 Å². The summed E-state index contributed by atoms with van der Waals surface area (Å²) in [5, 5.41) is 8.39. The maximum atomic E-state index is 4.48. The van der Waals surface area contributed by atoms with Crippen LogP contribution in [0.5, 0.6) is 0 Å². The number of aliphatic imine (C=N–C) groups is 1. The molecule has 0 amide bonds. The Labute approximate surface area is 153 Å². The Morgan fingerprint density at radius 1 is 1.40 bits per heavy atom. The van der Waals surface area contributed by atoms with Gasteiger partial charge in [0.05, 0.1) is 6.54 Å². The Kier molecular flexibility index (Phi) is 6.33. The van der Waals surface area contributed by atoms with Gasteiger partial charge in [-0.25, -0.2) is 9.67 Å². The molecular weight excluding hydrogens is 332 g/mol. The molecule has 0 radical (unpaired) electrons. The third-order valence-electron chi connectivity index (χ3n) is 4.36. The van der Waals surface area contributed by atoms with Gasteiger partial charge in [-0.2, -0.15) is 16.9 Å². The van der Waals surface area contributed by atoms with Crippen LogP contribution in [0.15, 0.2) is 41.9 Å². The number of benzene rings is 1. The van der Waals surface area contributed by atoms with E-state index in [9.17, 15) is 0 Å². The van der Waals surface area contributed by atoms with Gasteiger partial charge in [-0.15, -0.1) is 0 Å². The van der Waals surface area contributed by atoms with Gasteiger partial charge in [-0.1, -0.05) is 31.2 Å². The summed E-state index contributed by atoms with van der Waals surface area (Å²) in [7, 11) is 1.87. The quantitative estimate of drug-likeness (QED) is 0.656. The summed E-state index contributed by atoms with van der Waals surface area (Å²) in [4.78, 5) is 10.9. The van der Waals surface area contributed by atoms with Crippen molar-refractivity contribution >= 4 is 17.7 Å². The zero-order valence-corrected chi connectivity index (χ0v) is 15.7. The summed E-state index contributed by atoms with van der Waals surface area (Å²) in [6, 6.07) is 8.57. The van der Waals surface area contributed by atoms with Crippen LogP contribution in [-0.4, -0.2) is 56.8 Å². The first-order valence-corrected chi connectivity index (χ1v) is 9.80. The van der Waals surface area contributed by atoms with E-state index < -0.39 is 0 Å². The number of hydrogen-bond donors (Lipinski definition) is 1. The van der Waals surface area contributed by atoms with E-state index >= 15 is 0 Å². The first-order valence-electron chi connectivity index (χ1n) is 8.76. The Hall–Kier alpha value is -2.02. The fraction of sp³-hybridized carbons (Fsp3) is 0.500. The number of nitrogens with one attached hydrogen (secondary N) is 1. The van der Waals surface area contributed by atoms with Crippen LogP contribution in [0, 0.1) is 0 Å². The van der Waals surface area contributed by atoms with Crippen LogP contribution in [-0.2, 0) is 13.1 Å². The topological polar surface area (TPSA) is 58.3 Å². The zero-order chi connectivity index (χ0) is 17.5. The molecule has 25 heavy (non-hydrogen) atoms. The number of thioether (sulfide) groups is 1. The van der Waals surface area contributed by atoms with Crippen LogP contribution in [0.2, 0.25) is 0 Å². The average Bonchev–Trinajstić information content (AvgIpc) is 3.16. The van der Waals surface area contributed by atoms with E-state index in [0.717, 1.165) is 32.1 Å². The maximum absolute atomic E-state index is 4.48. The molecule has 1 atom stereocenters. The SMILES string of the molecule is CCC1CN(C(=NC)NCc2cccc(Cn3cncn3)c2)CCS1. The molecule has 1 aromatic carbocycles. The molecule has 0 aliphatic carbocycles. The molecule has 1 unspecified atom stereocenters. The van der Waals surface area contributed by atoms with Crippen molar-refractivity contribution in [1.29, 1.82) is 0 Å². The standard InChI is InChI=1S/C18H26N6S/c1-3-17-12-23(7-8-25-17)18(19-2)21-10-15-5-4-6-16(9-15)11-24-14-20-13-22-24/h4-6,9,13-14,17H,3,7-8,10-12H2,1-2H3,(H,19,21). The van der Waals surface area contributed by atoms with Gasteiger partial charge in [-0.3, -0.25) is 4.99 Å². The molecule has 1 saturated heterocycles. The molecule has 1 aliphatic heterocycles. The van der Waals surface area contributed by atoms with Crippen molar-refractivity contribution in [3.8, 4) is 0 Å². The number of rotatable bonds is 5. The molecule has 1 fully saturated rings. The summed E-state index contributed by atoms with van der Waals surface area (Å²) in [6.45, 7) is 5.92. The fourth-order valence-corrected chi connectivity index (χ4v) is 4.19. The third-order valence-corrected chi connectivity index (χ3v) is 5.73. The number of nitrogens with zero attached hydrogens (tertiary/aromatic N) is 5. The van der Waals surface area contributed by atoms with Crippen molar-refractivity contribution in [1.82, 2.24) is 25.0 Å². The van der Waals surface area contributed by atoms with Gasteiger partial charge in [0, 0.05) is 37.7 Å². The van der Waals surface area contributed by atoms with E-state index in [4.69, 9.17) is 0 Å². The summed E-state index contributed by atoms with van der Waals surface area (Å²) in [6.07, 6.45) is 4.52. The van der Waals surface area contributed by atoms with Crippen molar-refractivity contribution in [2.75, 3.05) is 25.9 Å². The molecule has 0 saturated carbocycles. The van der Waals surface area contributed by atoms with E-state index in [1.165, 1.54) is 23.3 Å². The third kappa shape index (κ3) is 4.98. The normalized spacial score (nSPS) is 18.4. The maximum Gasteiger partial charge on any atom is 0.193 e. The van der Waals surface area contributed by atoms with Crippen LogP contribution < -0.4 is 5.32 Å². The van der Waals surface area contributed by atoms with E-state index in [0.29, 0.717) is 5.25 Å². The van der Waals surface area contributed by atoms with Gasteiger partial charge < -0.3 is 10.2 Å². The Morgan fingerprint density at radius 2 is 2.28 bits per heavy atom. The zero-order valence-electron chi connectivity index (χ0n) is 14.9. The van der Waals surface area contributed by atoms with Gasteiger partial charge in [0.2, 0.25) is 0 Å². The minimum Gasteiger partial charge on any atom is -0.352 e. The van der Waals surface area contributed by atoms with Gasteiger partial charge in [-0.05, 0) is 17.5 Å². The monoisotopic (exact) mass is 358 g/mol. The molecule has 2 heterocycles. The van der Waals surface area contributed by atoms with E-state index in [1.54, 1.807) is 12.7 Å². The van der Waals surface area contributed by atoms with Crippen LogP contribution in [0.25, 0.3) is 0 Å². The second kappa shape index (κ2) is 8.89. The predicted molar refractivity (Wildman–Crippen MR) is 104 cm³/mol. The summed E-state index contributed by atoms with van der Waals surface area (Å²) < 4.78 is 1.84. The van der Waals surface area contributed by atoms with Crippen molar-refractivity contribution in [3.63, 3.8) is 0 Å². The highest BCUT2D eigenvalue weighted by molar-refractivity contribution is 8.00. The first kappa shape index (κ1) is 17.8. The first-order chi connectivity index (χ1) is 12.3. The van der Waals surface area contributed by atoms with Crippen molar-refractivity contribution in [3.05, 3.63) is 48.0 Å². The van der Waals surface area contributed by atoms with Crippen LogP contribution in [0.4, 0.5) is 0 Å². The largest absolute Gasteiger partial charge is 0.352 e. The summed E-state index contributed by atoms with van der Waals surface area (Å²) >= 11 is 2.08. The molecule has 1 N–H and O–H groups in total. The van der Waals surface area contributed by atoms with Crippen LogP contribution in [0.1, 0.15) is 24.5 Å². The molecule has 134 valence electrons. The minimum atomic E-state index is 0.707. The molecule has 1 aliphatic rings. The summed E-state index contributed by atoms with van der Waals surface area (Å²) in [5.41, 5.74) is 2.47. The van der Waals surface area contributed by atoms with E-state index in [2.05, 4.69) is 68.2 Å². The summed E-state index contributed by atoms with van der Waals surface area (Å²) in [5.74, 6) is 2.17. The molecule has 0 bridgehead atoms. The lowest BCUT2D eigenvalue weighted by Gasteiger charge is -2.34. The number of hydrogen-bond acceptors (Lipinski definition) is 4. The van der Waals surface area contributed by atoms with Crippen molar-refractivity contribution in [2.24, 2.45) is 4.99 Å². The van der Waals surface area contributed by atoms with Crippen LogP contribution >= 0.6 is 11.8 Å². The van der Waals surface area contributed by atoms with Gasteiger partial charge in [0.1, 0.15) is 12.7 Å². The predicted octanol–water partition coefficient (Wildman–Crippen LogP) is 2.23. The smallest absolute Gasteiger partial charge is 0.193 e. The van der Waals surface area contributed by atoms with Gasteiger partial charge >= 0.3 is 0 Å². The molecule has 1 aromatic heterocycles. The lowest BCUT2D eigenvalue weighted by Crippen LogP contribution is -2.47. The van der Waals surface area contributed by atoms with Gasteiger partial charge in [0.25, 0.3) is 0 Å². The lowest BCUT2D eigenvalue weighted by atomic mass is 10.1. The Morgan fingerprint density at radius 3 is 3.04 bits per heavy atom. The van der Waals surface area contributed by atoms with E-state index in [-0.39, 0.29) is 0 Å². The Bertz CT molecular complexity index is 685. The molecule has 7 heteroatoms. The molecule has 6 nitrogen and oxygen atoms in total. The molecular formula is C18H26N6S. The fourth-order valence-electron chi connectivity index (χ4n) is 3.01. The molecule has 0 spiro atoms. The molecule has 2 aromatic rings. The number of aromatic nitrogens is 3. The second-order valence-corrected chi connectivity index (χ2v) is 7.57. The highest BCUT2D eigenvalue weighted by Gasteiger charge is 2.21. The van der Waals surface area contributed by atoms with Crippen molar-refractivity contribution < 1.29 is 0 Å². The van der Waals surface area contributed by atoms with Crippen molar-refractivity contribution in [2.45, 2.75) is 31.7 Å². The second-order valence-electron chi connectivity index (χ2n) is 6.16. The molecule has 3 rings (SSSR count). The average molecular weight is 359 g/mol. The van der Waals surface area contributed by atoms with Gasteiger partial charge in [0.15, 0.2) is 5.96 Å². The lowest BCUT2D eigenvalue weighted by molar-refractivity contribution is 0.408. The van der Waals surface area contributed by atoms with Crippen LogP contribution in [0.3, 0.4) is 0 Å². The minimum absolute atomic E-state index is 0.707. The highest BCUT2D eigenvalue weighted by atomic mass is 32.2. The number of guanidine groups is 1. The Balaban J connectivity index is 1.58. The highest BCUT2D eigenvalue weighted by Crippen LogP contribution is 2.21.